The number of nitrogens with one attached hydrogen (secondary N) is 1. The van der Waals surface area contributed by atoms with Gasteiger partial charge in [0.2, 0.25) is 0 Å². The minimum Gasteiger partial charge on any atom is -0.455 e. The van der Waals surface area contributed by atoms with Crippen molar-refractivity contribution in [1.82, 2.24) is 10.2 Å². The highest BCUT2D eigenvalue weighted by Gasteiger charge is 2.55. The molecule has 5 nitrogen and oxygen atoms in total. The van der Waals surface area contributed by atoms with Crippen LogP contribution in [0.4, 0.5) is 0 Å². The highest BCUT2D eigenvalue weighted by molar-refractivity contribution is 7.97. The summed E-state index contributed by atoms with van der Waals surface area (Å²) in [5, 5.41) is 3.13. The molecule has 1 saturated heterocycles. The predicted molar refractivity (Wildman–Crippen MR) is 82.5 cm³/mol. The van der Waals surface area contributed by atoms with Crippen molar-refractivity contribution < 1.29 is 13.9 Å². The van der Waals surface area contributed by atoms with E-state index in [0.29, 0.717) is 11.7 Å². The summed E-state index contributed by atoms with van der Waals surface area (Å²) in [5.41, 5.74) is 0. The molecule has 0 bridgehead atoms. The van der Waals surface area contributed by atoms with Crippen LogP contribution >= 0.6 is 11.8 Å². The molecule has 6 heteroatoms. The molecule has 1 N–H and O–H groups in total. The molecule has 0 aromatic carbocycles. The number of hydrogen-bond donors (Lipinski definition) is 1. The Labute approximate surface area is 129 Å². The smallest absolute Gasteiger partial charge is 0.287 e. The number of thioether (sulfide) groups is 1. The van der Waals surface area contributed by atoms with Crippen molar-refractivity contribution in [2.45, 2.75) is 30.4 Å². The first kappa shape index (κ1) is 14.9. The van der Waals surface area contributed by atoms with Gasteiger partial charge in [-0.05, 0) is 38.9 Å². The fourth-order valence-corrected chi connectivity index (χ4v) is 3.87. The molecule has 1 aliphatic heterocycles. The molecule has 2 fully saturated rings. The molecule has 3 rings (SSSR count). The van der Waals surface area contributed by atoms with Crippen LogP contribution in [0.3, 0.4) is 0 Å². The van der Waals surface area contributed by atoms with Crippen LogP contribution in [-0.2, 0) is 10.5 Å². The van der Waals surface area contributed by atoms with Crippen molar-refractivity contribution in [2.75, 3.05) is 27.0 Å². The van der Waals surface area contributed by atoms with Crippen LogP contribution in [-0.4, -0.2) is 56.0 Å². The molecular weight excluding hydrogens is 288 g/mol. The molecule has 4 atom stereocenters. The quantitative estimate of drug-likeness (QED) is 0.895. The lowest BCUT2D eigenvalue weighted by molar-refractivity contribution is -0.0665. The summed E-state index contributed by atoms with van der Waals surface area (Å²) in [6.07, 6.45) is 3.29. The SMILES string of the molecule is CSCc1ccc(C(=O)N[C@H]2[C@H]3CCO[C@H]3[C@@H]2N(C)C)o1. The molecule has 116 valence electrons. The number of rotatable bonds is 5. The van der Waals surface area contributed by atoms with E-state index in [1.165, 1.54) is 0 Å². The Balaban J connectivity index is 1.66. The van der Waals surface area contributed by atoms with Gasteiger partial charge in [-0.1, -0.05) is 0 Å². The number of amides is 1. The van der Waals surface area contributed by atoms with Gasteiger partial charge in [-0.2, -0.15) is 11.8 Å². The molecule has 2 heterocycles. The zero-order valence-electron chi connectivity index (χ0n) is 12.7. The van der Waals surface area contributed by atoms with Gasteiger partial charge in [-0.3, -0.25) is 4.79 Å². The average Bonchev–Trinajstić information content (AvgIpc) is 3.03. The predicted octanol–water partition coefficient (Wildman–Crippen LogP) is 1.59. The Morgan fingerprint density at radius 2 is 2.29 bits per heavy atom. The van der Waals surface area contributed by atoms with Gasteiger partial charge in [0.15, 0.2) is 5.76 Å². The minimum absolute atomic E-state index is 0.121. The van der Waals surface area contributed by atoms with E-state index >= 15 is 0 Å². The highest BCUT2D eigenvalue weighted by atomic mass is 32.2. The van der Waals surface area contributed by atoms with Crippen LogP contribution < -0.4 is 5.32 Å². The number of carbonyl (C=O) groups is 1. The van der Waals surface area contributed by atoms with Gasteiger partial charge in [-0.15, -0.1) is 0 Å². The maximum Gasteiger partial charge on any atom is 0.287 e. The second-order valence-corrected chi connectivity index (χ2v) is 6.81. The molecule has 0 unspecified atom stereocenters. The summed E-state index contributed by atoms with van der Waals surface area (Å²) < 4.78 is 11.3. The fourth-order valence-electron chi connectivity index (χ4n) is 3.43. The van der Waals surface area contributed by atoms with Gasteiger partial charge in [0.25, 0.3) is 5.91 Å². The van der Waals surface area contributed by atoms with E-state index in [2.05, 4.69) is 10.2 Å². The lowest BCUT2D eigenvalue weighted by Crippen LogP contribution is -2.69. The number of nitrogens with zero attached hydrogens (tertiary/aromatic N) is 1. The van der Waals surface area contributed by atoms with Gasteiger partial charge in [0.1, 0.15) is 5.76 Å². The number of furan rings is 1. The van der Waals surface area contributed by atoms with E-state index in [4.69, 9.17) is 9.15 Å². The summed E-state index contributed by atoms with van der Waals surface area (Å²) >= 11 is 1.68. The van der Waals surface area contributed by atoms with Crippen LogP contribution in [0, 0.1) is 5.92 Å². The van der Waals surface area contributed by atoms with Gasteiger partial charge in [0.05, 0.1) is 23.9 Å². The Bertz CT molecular complexity index is 517. The lowest BCUT2D eigenvalue weighted by Gasteiger charge is -2.50. The Kier molecular flexibility index (Phi) is 4.28. The first-order chi connectivity index (χ1) is 10.1. The van der Waals surface area contributed by atoms with Gasteiger partial charge < -0.3 is 19.4 Å². The van der Waals surface area contributed by atoms with Crippen molar-refractivity contribution in [3.05, 3.63) is 23.7 Å². The van der Waals surface area contributed by atoms with E-state index in [-0.39, 0.29) is 24.1 Å². The zero-order valence-corrected chi connectivity index (χ0v) is 13.5. The normalized spacial score (nSPS) is 31.0. The topological polar surface area (TPSA) is 54.7 Å². The van der Waals surface area contributed by atoms with Gasteiger partial charge in [0, 0.05) is 12.5 Å². The standard InChI is InChI=1S/C15H22N2O3S/c1-17(2)13-12(10-6-7-19-14(10)13)16-15(18)11-5-4-9(20-11)8-21-3/h4-5,10,12-14H,6-8H2,1-3H3,(H,16,18)/t10-,12+,13-,14-/m1/s1. The molecule has 2 aliphatic rings. The largest absolute Gasteiger partial charge is 0.455 e. The Hall–Kier alpha value is -0.980. The molecule has 0 radical (unpaired) electrons. The third kappa shape index (κ3) is 2.72. The number of hydrogen-bond acceptors (Lipinski definition) is 5. The van der Waals surface area contributed by atoms with Crippen LogP contribution in [0.15, 0.2) is 16.5 Å². The summed E-state index contributed by atoms with van der Waals surface area (Å²) in [6, 6.07) is 4.03. The summed E-state index contributed by atoms with van der Waals surface area (Å²) in [5.74, 6) is 2.34. The summed E-state index contributed by atoms with van der Waals surface area (Å²) in [4.78, 5) is 14.5. The molecule has 1 amide bonds. The van der Waals surface area contributed by atoms with Crippen LogP contribution in [0.25, 0.3) is 0 Å². The van der Waals surface area contributed by atoms with E-state index in [9.17, 15) is 4.79 Å². The Morgan fingerprint density at radius 3 is 3.00 bits per heavy atom. The lowest BCUT2D eigenvalue weighted by atomic mass is 9.71. The molecule has 0 spiro atoms. The monoisotopic (exact) mass is 310 g/mol. The van der Waals surface area contributed by atoms with Crippen molar-refractivity contribution in [3.63, 3.8) is 0 Å². The molecule has 1 aromatic heterocycles. The van der Waals surface area contributed by atoms with Crippen LogP contribution in [0.1, 0.15) is 22.7 Å². The zero-order chi connectivity index (χ0) is 15.0. The summed E-state index contributed by atoms with van der Waals surface area (Å²) in [7, 11) is 4.07. The fraction of sp³-hybridized carbons (Fsp3) is 0.667. The maximum atomic E-state index is 12.4. The minimum atomic E-state index is -0.121. The highest BCUT2D eigenvalue weighted by Crippen LogP contribution is 2.41. The molecule has 1 saturated carbocycles. The third-order valence-electron chi connectivity index (χ3n) is 4.42. The second-order valence-electron chi connectivity index (χ2n) is 5.94. The van der Waals surface area contributed by atoms with Crippen molar-refractivity contribution in [1.29, 1.82) is 0 Å². The molecule has 1 aliphatic carbocycles. The van der Waals surface area contributed by atoms with Crippen molar-refractivity contribution >= 4 is 17.7 Å². The van der Waals surface area contributed by atoms with Crippen molar-refractivity contribution in [3.8, 4) is 0 Å². The van der Waals surface area contributed by atoms with Crippen LogP contribution in [0.5, 0.6) is 0 Å². The first-order valence-corrected chi connectivity index (χ1v) is 8.67. The van der Waals surface area contributed by atoms with E-state index in [0.717, 1.165) is 24.5 Å². The first-order valence-electron chi connectivity index (χ1n) is 7.28. The Morgan fingerprint density at radius 1 is 1.48 bits per heavy atom. The maximum absolute atomic E-state index is 12.4. The number of fused-ring (bicyclic) bond motifs is 1. The summed E-state index contributed by atoms with van der Waals surface area (Å²) in [6.45, 7) is 0.796. The van der Waals surface area contributed by atoms with Gasteiger partial charge in [-0.25, -0.2) is 0 Å². The average molecular weight is 310 g/mol. The number of carbonyl (C=O) groups excluding carboxylic acids is 1. The van der Waals surface area contributed by atoms with Crippen LogP contribution in [0.2, 0.25) is 0 Å². The van der Waals surface area contributed by atoms with Crippen molar-refractivity contribution in [2.24, 2.45) is 5.92 Å². The van der Waals surface area contributed by atoms with E-state index in [1.807, 2.05) is 26.4 Å². The molecule has 21 heavy (non-hydrogen) atoms. The molecular formula is C15H22N2O3S. The van der Waals surface area contributed by atoms with E-state index in [1.54, 1.807) is 17.8 Å². The second kappa shape index (κ2) is 6.02. The number of likely N-dealkylation sites (N-methyl/N-ethyl adjacent to an activating group) is 1. The third-order valence-corrected chi connectivity index (χ3v) is 4.99. The van der Waals surface area contributed by atoms with E-state index < -0.39 is 0 Å². The number of ether oxygens (including phenoxy) is 1. The van der Waals surface area contributed by atoms with Gasteiger partial charge >= 0.3 is 0 Å². The molecule has 1 aromatic rings.